The van der Waals surface area contributed by atoms with Crippen LogP contribution in [0.3, 0.4) is 0 Å². The van der Waals surface area contributed by atoms with Crippen LogP contribution in [0.2, 0.25) is 0 Å². The molecule has 3 nitrogen and oxygen atoms in total. The van der Waals surface area contributed by atoms with Crippen LogP contribution in [-0.4, -0.2) is 18.6 Å². The molecule has 2 heterocycles. The Morgan fingerprint density at radius 3 is 2.94 bits per heavy atom. The van der Waals surface area contributed by atoms with Crippen molar-refractivity contribution in [2.75, 3.05) is 13.1 Å². The Bertz CT molecular complexity index is 340. The Morgan fingerprint density at radius 2 is 2.35 bits per heavy atom. The molecule has 3 heteroatoms. The topological polar surface area (TPSA) is 37.2 Å². The lowest BCUT2D eigenvalue weighted by molar-refractivity contribution is 0.318. The molecule has 0 bridgehead atoms. The van der Waals surface area contributed by atoms with Crippen LogP contribution in [0.4, 0.5) is 0 Å². The van der Waals surface area contributed by atoms with E-state index in [9.17, 15) is 0 Å². The highest BCUT2D eigenvalue weighted by molar-refractivity contribution is 5.05. The number of hydrogen-bond donors (Lipinski definition) is 2. The third-order valence-corrected chi connectivity index (χ3v) is 3.62. The zero-order valence-corrected chi connectivity index (χ0v) is 11.0. The lowest BCUT2D eigenvalue weighted by atomic mass is 9.92. The molecule has 2 rings (SSSR count). The van der Waals surface area contributed by atoms with Crippen molar-refractivity contribution >= 4 is 0 Å². The molecular formula is C14H24N2O. The molecule has 0 aromatic carbocycles. The molecule has 0 radical (unpaired) electrons. The Labute approximate surface area is 104 Å². The average Bonchev–Trinajstić information content (AvgIpc) is 2.90. The van der Waals surface area contributed by atoms with Gasteiger partial charge in [0.15, 0.2) is 0 Å². The van der Waals surface area contributed by atoms with Gasteiger partial charge in [-0.3, -0.25) is 0 Å². The molecule has 1 atom stereocenters. The zero-order valence-electron chi connectivity index (χ0n) is 11.0. The minimum atomic E-state index is 0.330. The number of hydrogen-bond acceptors (Lipinski definition) is 3. The predicted octanol–water partition coefficient (Wildman–Crippen LogP) is 2.60. The maximum atomic E-state index is 5.56. The van der Waals surface area contributed by atoms with Crippen molar-refractivity contribution in [3.8, 4) is 0 Å². The van der Waals surface area contributed by atoms with Gasteiger partial charge in [-0.15, -0.1) is 0 Å². The van der Waals surface area contributed by atoms with Crippen molar-refractivity contribution in [3.63, 3.8) is 0 Å². The standard InChI is InChI=1S/C14H24N2O/c1-3-7-14(8-4-9-16-14)11-15-10-13-6-5-12(2)17-13/h5-6,15-16H,3-4,7-11H2,1-2H3. The second-order valence-corrected chi connectivity index (χ2v) is 5.18. The minimum Gasteiger partial charge on any atom is -0.465 e. The zero-order chi connectivity index (χ0) is 12.1. The molecule has 0 spiro atoms. The third-order valence-electron chi connectivity index (χ3n) is 3.62. The Hall–Kier alpha value is -0.800. The SMILES string of the molecule is CCCC1(CNCc2ccc(C)o2)CCCN1. The monoisotopic (exact) mass is 236 g/mol. The highest BCUT2D eigenvalue weighted by atomic mass is 16.3. The summed E-state index contributed by atoms with van der Waals surface area (Å²) in [4.78, 5) is 0. The summed E-state index contributed by atoms with van der Waals surface area (Å²) in [6, 6.07) is 4.07. The molecule has 0 amide bonds. The van der Waals surface area contributed by atoms with Gasteiger partial charge < -0.3 is 15.1 Å². The summed E-state index contributed by atoms with van der Waals surface area (Å²) in [6.45, 7) is 7.29. The molecule has 1 aromatic heterocycles. The quantitative estimate of drug-likeness (QED) is 0.797. The fourth-order valence-corrected chi connectivity index (χ4v) is 2.81. The van der Waals surface area contributed by atoms with Gasteiger partial charge in [-0.2, -0.15) is 0 Å². The van der Waals surface area contributed by atoms with E-state index in [-0.39, 0.29) is 0 Å². The van der Waals surface area contributed by atoms with Crippen LogP contribution in [-0.2, 0) is 6.54 Å². The Morgan fingerprint density at radius 1 is 1.47 bits per heavy atom. The first-order valence-electron chi connectivity index (χ1n) is 6.75. The smallest absolute Gasteiger partial charge is 0.117 e. The van der Waals surface area contributed by atoms with E-state index < -0.39 is 0 Å². The van der Waals surface area contributed by atoms with Crippen LogP contribution in [0.1, 0.15) is 44.1 Å². The Balaban J connectivity index is 1.79. The van der Waals surface area contributed by atoms with E-state index in [1.54, 1.807) is 0 Å². The van der Waals surface area contributed by atoms with E-state index in [0.29, 0.717) is 5.54 Å². The fraction of sp³-hybridized carbons (Fsp3) is 0.714. The first-order valence-corrected chi connectivity index (χ1v) is 6.75. The van der Waals surface area contributed by atoms with E-state index in [0.717, 1.165) is 24.6 Å². The van der Waals surface area contributed by atoms with Crippen molar-refractivity contribution in [2.24, 2.45) is 0 Å². The summed E-state index contributed by atoms with van der Waals surface area (Å²) >= 11 is 0. The molecule has 1 aliphatic rings. The van der Waals surface area contributed by atoms with Crippen LogP contribution < -0.4 is 10.6 Å². The maximum absolute atomic E-state index is 5.56. The fourth-order valence-electron chi connectivity index (χ4n) is 2.81. The van der Waals surface area contributed by atoms with Gasteiger partial charge in [0, 0.05) is 12.1 Å². The lowest BCUT2D eigenvalue weighted by Gasteiger charge is -2.29. The normalized spacial score (nSPS) is 24.4. The molecule has 1 aromatic rings. The van der Waals surface area contributed by atoms with Gasteiger partial charge in [-0.05, 0) is 44.9 Å². The molecule has 1 saturated heterocycles. The van der Waals surface area contributed by atoms with E-state index in [1.165, 1.54) is 32.2 Å². The summed E-state index contributed by atoms with van der Waals surface area (Å²) in [7, 11) is 0. The van der Waals surface area contributed by atoms with Crippen molar-refractivity contribution in [1.82, 2.24) is 10.6 Å². The van der Waals surface area contributed by atoms with Crippen LogP contribution in [0.15, 0.2) is 16.5 Å². The molecule has 1 aliphatic heterocycles. The van der Waals surface area contributed by atoms with E-state index in [4.69, 9.17) is 4.42 Å². The highest BCUT2D eigenvalue weighted by Crippen LogP contribution is 2.23. The molecule has 17 heavy (non-hydrogen) atoms. The van der Waals surface area contributed by atoms with Crippen molar-refractivity contribution in [3.05, 3.63) is 23.7 Å². The molecule has 96 valence electrons. The second kappa shape index (κ2) is 5.69. The summed E-state index contributed by atoms with van der Waals surface area (Å²) in [5.41, 5.74) is 0.330. The van der Waals surface area contributed by atoms with Crippen LogP contribution in [0.25, 0.3) is 0 Å². The molecular weight excluding hydrogens is 212 g/mol. The van der Waals surface area contributed by atoms with Gasteiger partial charge in [-0.25, -0.2) is 0 Å². The van der Waals surface area contributed by atoms with Gasteiger partial charge in [0.1, 0.15) is 11.5 Å². The summed E-state index contributed by atoms with van der Waals surface area (Å²) < 4.78 is 5.56. The van der Waals surface area contributed by atoms with Crippen molar-refractivity contribution in [1.29, 1.82) is 0 Å². The molecule has 1 unspecified atom stereocenters. The van der Waals surface area contributed by atoms with Crippen molar-refractivity contribution in [2.45, 2.75) is 51.6 Å². The molecule has 2 N–H and O–H groups in total. The first kappa shape index (κ1) is 12.7. The number of furan rings is 1. The van der Waals surface area contributed by atoms with Crippen LogP contribution in [0, 0.1) is 6.92 Å². The molecule has 0 aliphatic carbocycles. The van der Waals surface area contributed by atoms with Gasteiger partial charge in [-0.1, -0.05) is 13.3 Å². The minimum absolute atomic E-state index is 0.330. The number of nitrogens with one attached hydrogen (secondary N) is 2. The van der Waals surface area contributed by atoms with Gasteiger partial charge in [0.05, 0.1) is 6.54 Å². The summed E-state index contributed by atoms with van der Waals surface area (Å²) in [6.07, 6.45) is 5.11. The van der Waals surface area contributed by atoms with Crippen LogP contribution in [0.5, 0.6) is 0 Å². The first-order chi connectivity index (χ1) is 8.24. The predicted molar refractivity (Wildman–Crippen MR) is 70.0 cm³/mol. The lowest BCUT2D eigenvalue weighted by Crippen LogP contribution is -2.48. The van der Waals surface area contributed by atoms with E-state index >= 15 is 0 Å². The average molecular weight is 236 g/mol. The number of aryl methyl sites for hydroxylation is 1. The van der Waals surface area contributed by atoms with Gasteiger partial charge in [0.25, 0.3) is 0 Å². The van der Waals surface area contributed by atoms with Gasteiger partial charge in [0.2, 0.25) is 0 Å². The second-order valence-electron chi connectivity index (χ2n) is 5.18. The number of rotatable bonds is 6. The Kier molecular flexibility index (Phi) is 4.24. The molecule has 1 fully saturated rings. The molecule has 0 saturated carbocycles. The summed E-state index contributed by atoms with van der Waals surface area (Å²) in [5.74, 6) is 2.02. The van der Waals surface area contributed by atoms with Crippen LogP contribution >= 0.6 is 0 Å². The third kappa shape index (κ3) is 3.33. The van der Waals surface area contributed by atoms with E-state index in [2.05, 4.69) is 23.6 Å². The maximum Gasteiger partial charge on any atom is 0.117 e. The summed E-state index contributed by atoms with van der Waals surface area (Å²) in [5, 5.41) is 7.20. The van der Waals surface area contributed by atoms with E-state index in [1.807, 2.05) is 13.0 Å². The van der Waals surface area contributed by atoms with Gasteiger partial charge >= 0.3 is 0 Å². The largest absolute Gasteiger partial charge is 0.465 e. The van der Waals surface area contributed by atoms with Crippen molar-refractivity contribution < 1.29 is 4.42 Å². The highest BCUT2D eigenvalue weighted by Gasteiger charge is 2.31.